The summed E-state index contributed by atoms with van der Waals surface area (Å²) in [5.41, 5.74) is 2.40. The molecule has 2 aromatic carbocycles. The first-order valence-corrected chi connectivity index (χ1v) is 13.7. The first kappa shape index (κ1) is 27.9. The van der Waals surface area contributed by atoms with Gasteiger partial charge in [0.25, 0.3) is 11.8 Å². The van der Waals surface area contributed by atoms with Crippen LogP contribution in [0.4, 0.5) is 5.69 Å². The van der Waals surface area contributed by atoms with Gasteiger partial charge in [-0.2, -0.15) is 0 Å². The van der Waals surface area contributed by atoms with E-state index in [4.69, 9.17) is 9.15 Å². The lowest BCUT2D eigenvalue weighted by molar-refractivity contribution is -0.134. The molecule has 202 valence electrons. The highest BCUT2D eigenvalue weighted by molar-refractivity contribution is 8.01. The number of aryl methyl sites for hydroxylation is 1. The van der Waals surface area contributed by atoms with Crippen LogP contribution in [0, 0.1) is 18.8 Å². The zero-order valence-electron chi connectivity index (χ0n) is 21.7. The van der Waals surface area contributed by atoms with Gasteiger partial charge in [-0.15, -0.1) is 0 Å². The molecule has 1 atom stereocenters. The van der Waals surface area contributed by atoms with Crippen LogP contribution in [0.25, 0.3) is 0 Å². The van der Waals surface area contributed by atoms with Gasteiger partial charge in [0.1, 0.15) is 0 Å². The molecule has 0 radical (unpaired) electrons. The number of benzene rings is 2. The number of rotatable bonds is 7. The molecule has 0 fully saturated rings. The second kappa shape index (κ2) is 12.6. The Kier molecular flexibility index (Phi) is 8.79. The third-order valence-electron chi connectivity index (χ3n) is 5.43. The molecule has 10 heteroatoms. The predicted octanol–water partition coefficient (Wildman–Crippen LogP) is 3.99. The smallest absolute Gasteiger partial charge is 0.340 e. The number of esters is 1. The van der Waals surface area contributed by atoms with Crippen LogP contribution < -0.4 is 10.0 Å². The molecule has 1 unspecified atom stereocenters. The number of aromatic nitrogens is 1. The molecule has 2 heterocycles. The summed E-state index contributed by atoms with van der Waals surface area (Å²) >= 11 is 0. The number of ether oxygens (including phenoxy) is 1. The number of carbonyl (C=O) groups excluding carboxylic acids is 3. The van der Waals surface area contributed by atoms with E-state index in [1.165, 1.54) is 24.7 Å². The van der Waals surface area contributed by atoms with E-state index in [1.54, 1.807) is 74.5 Å². The van der Waals surface area contributed by atoms with Gasteiger partial charge >= 0.3 is 5.97 Å². The molecule has 4 rings (SSSR count). The Morgan fingerprint density at radius 3 is 2.48 bits per heavy atom. The Hall–Kier alpha value is -5.14. The van der Waals surface area contributed by atoms with Crippen molar-refractivity contribution in [3.05, 3.63) is 113 Å². The number of anilines is 1. The minimum Gasteiger partial charge on any atom is -0.462 e. The lowest BCUT2D eigenvalue weighted by Gasteiger charge is -2.13. The predicted molar refractivity (Wildman–Crippen MR) is 151 cm³/mol. The Labute approximate surface area is 231 Å². The van der Waals surface area contributed by atoms with E-state index in [9.17, 15) is 18.6 Å². The fraction of sp³-hybridized carbons (Fsp3) is 0.100. The Morgan fingerprint density at radius 2 is 1.75 bits per heavy atom. The highest BCUT2D eigenvalue weighted by Crippen LogP contribution is 2.15. The average molecular weight is 556 g/mol. The van der Waals surface area contributed by atoms with Crippen LogP contribution in [0.2, 0.25) is 0 Å². The third kappa shape index (κ3) is 7.03. The Bertz CT molecular complexity index is 1740. The number of hydrogen-bond acceptors (Lipinski definition) is 7. The van der Waals surface area contributed by atoms with E-state index in [-0.39, 0.29) is 28.7 Å². The molecule has 0 aliphatic heterocycles. The van der Waals surface area contributed by atoms with Crippen molar-refractivity contribution in [2.45, 2.75) is 18.7 Å². The zero-order valence-corrected chi connectivity index (χ0v) is 22.5. The van der Waals surface area contributed by atoms with Crippen molar-refractivity contribution in [2.75, 3.05) is 11.9 Å². The third-order valence-corrected chi connectivity index (χ3v) is 7.41. The molecule has 0 aliphatic rings. The van der Waals surface area contributed by atoms with Gasteiger partial charge in [0, 0.05) is 34.8 Å². The van der Waals surface area contributed by atoms with Gasteiger partial charge in [-0.1, -0.05) is 36.1 Å². The summed E-state index contributed by atoms with van der Waals surface area (Å²) in [6.07, 6.45) is 4.24. The van der Waals surface area contributed by atoms with Gasteiger partial charge < -0.3 is 14.5 Å². The zero-order chi connectivity index (χ0) is 28.5. The number of nitrogens with zero attached hydrogens (tertiary/aromatic N) is 1. The summed E-state index contributed by atoms with van der Waals surface area (Å²) in [5, 5.41) is 3.65. The molecule has 2 aromatic heterocycles. The largest absolute Gasteiger partial charge is 0.462 e. The maximum atomic E-state index is 13.7. The standard InChI is InChI=1S/C30H25N3O6S/c1-3-38-27(34)20-40(37,26-10-5-4-6-11-26)33-29(35)24-16-23(18-31-19-24)13-12-22-8-7-9-25(17-22)32-30(36)28-21(2)14-15-39-28/h4-11,14-20H,3H2,1-2H3,(H,32,36)(H,33,35,37). The SMILES string of the molecule is CCOC(=O)C=S(=O)(NC(=O)c1cncc(C#Cc2cccc(NC(=O)c3occc3C)c2)c1)c1ccccc1. The molecule has 2 N–H and O–H groups in total. The number of pyridine rings is 1. The molecule has 0 bridgehead atoms. The van der Waals surface area contributed by atoms with E-state index in [0.29, 0.717) is 16.8 Å². The van der Waals surface area contributed by atoms with Crippen molar-refractivity contribution in [2.24, 2.45) is 0 Å². The van der Waals surface area contributed by atoms with Crippen molar-refractivity contribution in [1.29, 1.82) is 0 Å². The number of amides is 2. The summed E-state index contributed by atoms with van der Waals surface area (Å²) in [5.74, 6) is 4.26. The molecule has 0 saturated heterocycles. The van der Waals surface area contributed by atoms with E-state index in [1.807, 2.05) is 0 Å². The number of hydrogen-bond donors (Lipinski definition) is 2. The second-order valence-electron chi connectivity index (χ2n) is 8.39. The quantitative estimate of drug-likeness (QED) is 0.201. The van der Waals surface area contributed by atoms with Crippen LogP contribution in [0.15, 0.2) is 94.7 Å². The normalized spacial score (nSPS) is 11.8. The van der Waals surface area contributed by atoms with Crippen molar-refractivity contribution in [3.8, 4) is 11.8 Å². The minimum atomic E-state index is -3.44. The molecular formula is C30H25N3O6S. The van der Waals surface area contributed by atoms with Crippen LogP contribution in [-0.2, 0) is 19.2 Å². The maximum absolute atomic E-state index is 13.7. The summed E-state index contributed by atoms with van der Waals surface area (Å²) in [7, 11) is -3.44. The topological polar surface area (TPSA) is 128 Å². The Balaban J connectivity index is 1.53. The fourth-order valence-electron chi connectivity index (χ4n) is 3.53. The van der Waals surface area contributed by atoms with Gasteiger partial charge in [0.15, 0.2) is 5.76 Å². The second-order valence-corrected chi connectivity index (χ2v) is 10.5. The molecule has 9 nitrogen and oxygen atoms in total. The fourth-order valence-corrected chi connectivity index (χ4v) is 5.14. The maximum Gasteiger partial charge on any atom is 0.340 e. The number of furan rings is 1. The molecule has 0 saturated carbocycles. The molecule has 2 amide bonds. The van der Waals surface area contributed by atoms with Crippen LogP contribution in [0.1, 0.15) is 44.5 Å². The summed E-state index contributed by atoms with van der Waals surface area (Å²) in [6.45, 7) is 3.50. The van der Waals surface area contributed by atoms with Crippen molar-refractivity contribution in [1.82, 2.24) is 9.71 Å². The van der Waals surface area contributed by atoms with Gasteiger partial charge in [0.05, 0.1) is 38.4 Å². The van der Waals surface area contributed by atoms with Gasteiger partial charge in [-0.05, 0) is 56.3 Å². The molecule has 0 spiro atoms. The molecular weight excluding hydrogens is 530 g/mol. The van der Waals surface area contributed by atoms with E-state index in [2.05, 4.69) is 26.9 Å². The average Bonchev–Trinajstić information content (AvgIpc) is 3.39. The van der Waals surface area contributed by atoms with Crippen LogP contribution >= 0.6 is 0 Å². The van der Waals surface area contributed by atoms with E-state index < -0.39 is 21.6 Å². The summed E-state index contributed by atoms with van der Waals surface area (Å²) in [4.78, 5) is 41.9. The first-order chi connectivity index (χ1) is 19.3. The van der Waals surface area contributed by atoms with E-state index in [0.717, 1.165) is 10.9 Å². The van der Waals surface area contributed by atoms with Crippen molar-refractivity contribution in [3.63, 3.8) is 0 Å². The summed E-state index contributed by atoms with van der Waals surface area (Å²) < 4.78 is 26.3. The van der Waals surface area contributed by atoms with Crippen molar-refractivity contribution < 1.29 is 27.7 Å². The molecule has 0 aliphatic carbocycles. The molecule has 40 heavy (non-hydrogen) atoms. The molecule has 4 aromatic rings. The van der Waals surface area contributed by atoms with Crippen LogP contribution in [0.5, 0.6) is 0 Å². The van der Waals surface area contributed by atoms with Gasteiger partial charge in [-0.3, -0.25) is 19.3 Å². The first-order valence-electron chi connectivity index (χ1n) is 12.1. The van der Waals surface area contributed by atoms with E-state index >= 15 is 0 Å². The summed E-state index contributed by atoms with van der Waals surface area (Å²) in [6, 6.07) is 18.3. The van der Waals surface area contributed by atoms with Crippen LogP contribution in [0.3, 0.4) is 0 Å². The number of carbonyl (C=O) groups is 3. The number of nitrogens with one attached hydrogen (secondary N) is 2. The van der Waals surface area contributed by atoms with Gasteiger partial charge in [0.2, 0.25) is 0 Å². The monoisotopic (exact) mass is 555 g/mol. The highest BCUT2D eigenvalue weighted by Gasteiger charge is 2.19. The highest BCUT2D eigenvalue weighted by atomic mass is 32.2. The lowest BCUT2D eigenvalue weighted by atomic mass is 10.1. The Morgan fingerprint density at radius 1 is 0.975 bits per heavy atom. The lowest BCUT2D eigenvalue weighted by Crippen LogP contribution is -2.34. The van der Waals surface area contributed by atoms with Crippen LogP contribution in [-0.4, -0.2) is 39.0 Å². The van der Waals surface area contributed by atoms with Crippen molar-refractivity contribution >= 4 is 38.5 Å². The minimum absolute atomic E-state index is 0.0944. The van der Waals surface area contributed by atoms with Gasteiger partial charge in [-0.25, -0.2) is 9.00 Å².